The maximum Gasteiger partial charge on any atom is 1.00 e. The van der Waals surface area contributed by atoms with E-state index in [0.717, 1.165) is 22.0 Å². The molecular formula is C20H27BBr2N4NaO. The molecule has 5 nitrogen and oxygen atoms in total. The van der Waals surface area contributed by atoms with Crippen molar-refractivity contribution >= 4 is 46.6 Å². The quantitative estimate of drug-likeness (QED) is 0.366. The molecule has 0 aromatic carbocycles. The Morgan fingerprint density at radius 2 is 1.55 bits per heavy atom. The Balaban J connectivity index is 0. The number of aromatic nitrogens is 2. The predicted octanol–water partition coefficient (Wildman–Crippen LogP) is 1.20. The van der Waals surface area contributed by atoms with Gasteiger partial charge < -0.3 is 6.74 Å². The average Bonchev–Trinajstić information content (AvgIpc) is 3.41. The number of pyridine rings is 2. The molecule has 2 aromatic heterocycles. The van der Waals surface area contributed by atoms with Crippen LogP contribution in [0.2, 0.25) is 0 Å². The predicted molar refractivity (Wildman–Crippen MR) is 123 cm³/mol. The Labute approximate surface area is 216 Å². The van der Waals surface area contributed by atoms with Gasteiger partial charge >= 0.3 is 29.6 Å². The van der Waals surface area contributed by atoms with Crippen LogP contribution in [0.4, 0.5) is 0 Å². The summed E-state index contributed by atoms with van der Waals surface area (Å²) in [5, 5.41) is 3.22. The molecule has 0 saturated carbocycles. The minimum Gasteiger partial charge on any atom is -1.00 e. The molecule has 0 unspecified atom stereocenters. The molecule has 2 saturated heterocycles. The summed E-state index contributed by atoms with van der Waals surface area (Å²) < 4.78 is 1.66. The fourth-order valence-corrected chi connectivity index (χ4v) is 3.25. The van der Waals surface area contributed by atoms with Crippen LogP contribution in [0.15, 0.2) is 45.9 Å². The number of nitrogens with zero attached hydrogens (tertiary/aromatic N) is 3. The molecule has 4 rings (SSSR count). The van der Waals surface area contributed by atoms with Gasteiger partial charge in [-0.15, -0.1) is 0 Å². The fourth-order valence-electron chi connectivity index (χ4n) is 2.78. The number of likely N-dealkylation sites (tertiary alicyclic amines) is 1. The maximum atomic E-state index is 10.1. The number of hydrogen-bond donors (Lipinski definition) is 1. The molecule has 0 bridgehead atoms. The van der Waals surface area contributed by atoms with Crippen molar-refractivity contribution in [2.75, 3.05) is 26.2 Å². The smallest absolute Gasteiger partial charge is 1.00 e. The third kappa shape index (κ3) is 13.0. The Bertz CT molecular complexity index is 666. The van der Waals surface area contributed by atoms with Crippen LogP contribution in [0.5, 0.6) is 0 Å². The molecule has 151 valence electrons. The molecule has 3 radical (unpaired) electrons. The molecule has 1 N–H and O–H groups in total. The summed E-state index contributed by atoms with van der Waals surface area (Å²) in [5.74, 6) is 0. The van der Waals surface area contributed by atoms with Crippen LogP contribution in [0, 0.1) is 0 Å². The van der Waals surface area contributed by atoms with Crippen molar-refractivity contribution in [1.82, 2.24) is 20.2 Å². The van der Waals surface area contributed by atoms with E-state index in [4.69, 9.17) is 0 Å². The van der Waals surface area contributed by atoms with E-state index in [1.54, 1.807) is 12.1 Å². The minimum absolute atomic E-state index is 0. The van der Waals surface area contributed by atoms with E-state index in [1.807, 2.05) is 12.3 Å². The number of hydrogen-bond acceptors (Lipinski definition) is 5. The van der Waals surface area contributed by atoms with Crippen molar-refractivity contribution in [2.45, 2.75) is 32.2 Å². The topological polar surface area (TPSA) is 58.1 Å². The van der Waals surface area contributed by atoms with Gasteiger partial charge in [0.15, 0.2) is 6.29 Å². The van der Waals surface area contributed by atoms with Gasteiger partial charge in [0, 0.05) is 32.9 Å². The third-order valence-corrected chi connectivity index (χ3v) is 5.18. The molecular weight excluding hydrogens is 506 g/mol. The number of carbonyl (C=O) groups is 1. The first kappa shape index (κ1) is 28.9. The summed E-state index contributed by atoms with van der Waals surface area (Å²) in [7, 11) is 0. The monoisotopic (exact) mass is 531 g/mol. The first-order chi connectivity index (χ1) is 13.2. The number of halogens is 2. The zero-order valence-electron chi connectivity index (χ0n) is 18.0. The Morgan fingerprint density at radius 1 is 0.966 bits per heavy atom. The van der Waals surface area contributed by atoms with E-state index in [-0.39, 0.29) is 39.4 Å². The van der Waals surface area contributed by atoms with Gasteiger partial charge in [0.1, 0.15) is 9.21 Å². The summed E-state index contributed by atoms with van der Waals surface area (Å²) in [4.78, 5) is 20.6. The number of aldehydes is 1. The molecule has 4 heterocycles. The Kier molecular flexibility index (Phi) is 17.5. The Hall–Kier alpha value is -0.0851. The zero-order valence-corrected chi connectivity index (χ0v) is 22.2. The van der Waals surface area contributed by atoms with Crippen molar-refractivity contribution in [1.29, 1.82) is 0 Å². The molecule has 2 aliphatic rings. The van der Waals surface area contributed by atoms with Gasteiger partial charge in [-0.05, 0) is 107 Å². The van der Waals surface area contributed by atoms with E-state index < -0.39 is 0 Å². The Morgan fingerprint density at radius 3 is 1.97 bits per heavy atom. The summed E-state index contributed by atoms with van der Waals surface area (Å²) in [6, 6.07) is 7.56. The van der Waals surface area contributed by atoms with Gasteiger partial charge in [-0.25, -0.2) is 9.97 Å². The van der Waals surface area contributed by atoms with Crippen LogP contribution in [0.25, 0.3) is 0 Å². The minimum atomic E-state index is 0. The standard InChI is InChI=1S/C10H13BrN2.C6H4BrNO.C4H9N.B.Na.H/c11-10-4-3-9(7-12-10)8-13-5-1-2-6-13;7-6-2-1-5(4-9)3-8-6;1-2-4-5-3-1;;;/h3-4,7H,1-2,5-6,8H2;1-4H;5H,1-4H2;;;/q;;;;+1;-1. The number of nitrogens with one attached hydrogen (secondary N) is 1. The molecule has 0 amide bonds. The molecule has 2 aromatic rings. The van der Waals surface area contributed by atoms with Crippen molar-refractivity contribution in [3.63, 3.8) is 0 Å². The largest absolute Gasteiger partial charge is 1.00 e. The second kappa shape index (κ2) is 17.6. The van der Waals surface area contributed by atoms with Crippen LogP contribution in [0.3, 0.4) is 0 Å². The van der Waals surface area contributed by atoms with Gasteiger partial charge in [-0.1, -0.05) is 6.07 Å². The molecule has 9 heteroatoms. The molecule has 0 spiro atoms. The van der Waals surface area contributed by atoms with Crippen molar-refractivity contribution < 1.29 is 35.8 Å². The summed E-state index contributed by atoms with van der Waals surface area (Å²) in [6.45, 7) is 6.05. The fraction of sp³-hybridized carbons (Fsp3) is 0.450. The molecule has 0 atom stereocenters. The zero-order chi connectivity index (χ0) is 19.3. The molecule has 29 heavy (non-hydrogen) atoms. The second-order valence-electron chi connectivity index (χ2n) is 6.46. The summed E-state index contributed by atoms with van der Waals surface area (Å²) in [6.07, 6.45) is 9.70. The number of rotatable bonds is 3. The van der Waals surface area contributed by atoms with Gasteiger partial charge in [0.2, 0.25) is 0 Å². The van der Waals surface area contributed by atoms with Crippen LogP contribution >= 0.6 is 31.9 Å². The number of carbonyl (C=O) groups excluding carboxylic acids is 1. The van der Waals surface area contributed by atoms with Crippen molar-refractivity contribution in [2.24, 2.45) is 0 Å². The third-order valence-electron chi connectivity index (χ3n) is 4.24. The molecule has 0 aliphatic carbocycles. The van der Waals surface area contributed by atoms with E-state index in [9.17, 15) is 4.79 Å². The average molecular weight is 533 g/mol. The van der Waals surface area contributed by atoms with Crippen LogP contribution < -0.4 is 34.9 Å². The van der Waals surface area contributed by atoms with Gasteiger partial charge in [0.05, 0.1) is 0 Å². The SMILES string of the molecule is Brc1ccc(CN2CCCC2)cn1.C1CCNC1.O=Cc1ccc(Br)nc1.[B].[H-].[Na+]. The van der Waals surface area contributed by atoms with E-state index in [2.05, 4.69) is 58.1 Å². The van der Waals surface area contributed by atoms with Crippen LogP contribution in [0.1, 0.15) is 43.0 Å². The van der Waals surface area contributed by atoms with Gasteiger partial charge in [-0.3, -0.25) is 9.69 Å². The summed E-state index contributed by atoms with van der Waals surface area (Å²) in [5.41, 5.74) is 1.91. The second-order valence-corrected chi connectivity index (χ2v) is 8.09. The van der Waals surface area contributed by atoms with Crippen LogP contribution in [-0.2, 0) is 6.54 Å². The maximum absolute atomic E-state index is 10.1. The van der Waals surface area contributed by atoms with Crippen molar-refractivity contribution in [3.05, 3.63) is 57.0 Å². The van der Waals surface area contributed by atoms with E-state index in [1.165, 1.54) is 63.6 Å². The molecule has 2 fully saturated rings. The normalized spacial score (nSPS) is 15.0. The van der Waals surface area contributed by atoms with Gasteiger partial charge in [0.25, 0.3) is 0 Å². The van der Waals surface area contributed by atoms with E-state index in [0.29, 0.717) is 5.56 Å². The summed E-state index contributed by atoms with van der Waals surface area (Å²) >= 11 is 6.48. The molecule has 2 aliphatic heterocycles. The first-order valence-electron chi connectivity index (χ1n) is 9.27. The van der Waals surface area contributed by atoms with Crippen molar-refractivity contribution in [3.8, 4) is 0 Å². The first-order valence-corrected chi connectivity index (χ1v) is 10.9. The van der Waals surface area contributed by atoms with Crippen LogP contribution in [-0.4, -0.2) is 55.7 Å². The van der Waals surface area contributed by atoms with E-state index >= 15 is 0 Å². The van der Waals surface area contributed by atoms with Gasteiger partial charge in [-0.2, -0.15) is 0 Å².